The predicted molar refractivity (Wildman–Crippen MR) is 92.6 cm³/mol. The summed E-state index contributed by atoms with van der Waals surface area (Å²) in [6.07, 6.45) is 7.78. The minimum Gasteiger partial charge on any atom is -0.454 e. The number of benzene rings is 1. The molecule has 0 spiro atoms. The van der Waals surface area contributed by atoms with Gasteiger partial charge in [-0.15, -0.1) is 0 Å². The van der Waals surface area contributed by atoms with Crippen molar-refractivity contribution in [1.82, 2.24) is 15.5 Å². The lowest BCUT2D eigenvalue weighted by molar-refractivity contribution is -0.120. The molecule has 132 valence electrons. The average molecular weight is 341 g/mol. The van der Waals surface area contributed by atoms with Crippen molar-refractivity contribution in [2.24, 2.45) is 0 Å². The molecule has 1 aromatic carbocycles. The van der Waals surface area contributed by atoms with Gasteiger partial charge < -0.3 is 14.8 Å². The number of rotatable bonds is 5. The van der Waals surface area contributed by atoms with Crippen molar-refractivity contribution < 1.29 is 14.3 Å². The summed E-state index contributed by atoms with van der Waals surface area (Å²) in [5, 5.41) is 9.86. The third kappa shape index (κ3) is 3.34. The average Bonchev–Trinajstić information content (AvgIpc) is 3.31. The number of fused-ring (bicyclic) bond motifs is 1. The van der Waals surface area contributed by atoms with Crippen molar-refractivity contribution in [3.63, 3.8) is 0 Å². The SMILES string of the molecule is O=C(Cc1ccn[nH]1)NCC1(c2ccc3c(c2)OCO3)CCCCC1. The molecule has 2 N–H and O–H groups in total. The molecule has 2 heterocycles. The van der Waals surface area contributed by atoms with E-state index in [9.17, 15) is 4.79 Å². The van der Waals surface area contributed by atoms with Crippen molar-refractivity contribution in [1.29, 1.82) is 0 Å². The molecule has 2 aliphatic rings. The molecule has 1 fully saturated rings. The number of nitrogens with zero attached hydrogens (tertiary/aromatic N) is 1. The van der Waals surface area contributed by atoms with E-state index in [0.717, 1.165) is 30.0 Å². The molecule has 1 saturated carbocycles. The van der Waals surface area contributed by atoms with E-state index in [1.165, 1.54) is 24.8 Å². The van der Waals surface area contributed by atoms with Gasteiger partial charge in [-0.1, -0.05) is 25.3 Å². The Bertz CT molecular complexity index is 736. The molecule has 0 unspecified atom stereocenters. The lowest BCUT2D eigenvalue weighted by Gasteiger charge is -2.38. The van der Waals surface area contributed by atoms with E-state index in [-0.39, 0.29) is 18.1 Å². The first-order valence-corrected chi connectivity index (χ1v) is 8.90. The Hall–Kier alpha value is -2.50. The number of ether oxygens (including phenoxy) is 2. The second-order valence-electron chi connectivity index (χ2n) is 6.94. The van der Waals surface area contributed by atoms with Gasteiger partial charge in [0.25, 0.3) is 0 Å². The van der Waals surface area contributed by atoms with Gasteiger partial charge in [-0.05, 0) is 36.6 Å². The zero-order valence-corrected chi connectivity index (χ0v) is 14.2. The molecular formula is C19H23N3O3. The zero-order valence-electron chi connectivity index (χ0n) is 14.2. The molecule has 4 rings (SSSR count). The third-order valence-corrected chi connectivity index (χ3v) is 5.33. The fraction of sp³-hybridized carbons (Fsp3) is 0.474. The van der Waals surface area contributed by atoms with Crippen LogP contribution < -0.4 is 14.8 Å². The Morgan fingerprint density at radius 1 is 1.16 bits per heavy atom. The second kappa shape index (κ2) is 6.78. The van der Waals surface area contributed by atoms with E-state index < -0.39 is 0 Å². The first-order valence-electron chi connectivity index (χ1n) is 8.90. The zero-order chi connectivity index (χ0) is 17.1. The molecule has 1 aliphatic carbocycles. The van der Waals surface area contributed by atoms with Crippen LogP contribution in [0.2, 0.25) is 0 Å². The topological polar surface area (TPSA) is 76.2 Å². The molecular weight excluding hydrogens is 318 g/mol. The lowest BCUT2D eigenvalue weighted by Crippen LogP contribution is -2.42. The molecule has 0 radical (unpaired) electrons. The Labute approximate surface area is 146 Å². The number of carbonyl (C=O) groups is 1. The maximum atomic E-state index is 12.3. The van der Waals surface area contributed by atoms with E-state index in [2.05, 4.69) is 27.6 Å². The smallest absolute Gasteiger partial charge is 0.231 e. The van der Waals surface area contributed by atoms with Crippen LogP contribution in [0.4, 0.5) is 0 Å². The third-order valence-electron chi connectivity index (χ3n) is 5.33. The van der Waals surface area contributed by atoms with Gasteiger partial charge in [0.15, 0.2) is 11.5 Å². The maximum absolute atomic E-state index is 12.3. The summed E-state index contributed by atoms with van der Waals surface area (Å²) in [7, 11) is 0. The number of nitrogens with one attached hydrogen (secondary N) is 2. The highest BCUT2D eigenvalue weighted by atomic mass is 16.7. The number of hydrogen-bond acceptors (Lipinski definition) is 4. The standard InChI is InChI=1S/C19H23N3O3/c23-18(11-15-6-9-21-22-15)20-12-19(7-2-1-3-8-19)14-4-5-16-17(10-14)25-13-24-16/h4-6,9-10H,1-3,7-8,11-13H2,(H,20,23)(H,21,22). The van der Waals surface area contributed by atoms with Crippen LogP contribution in [0.5, 0.6) is 11.5 Å². The van der Waals surface area contributed by atoms with E-state index >= 15 is 0 Å². The van der Waals surface area contributed by atoms with Crippen molar-refractivity contribution in [3.8, 4) is 11.5 Å². The quantitative estimate of drug-likeness (QED) is 0.877. The summed E-state index contributed by atoms with van der Waals surface area (Å²) in [5.41, 5.74) is 2.04. The number of H-pyrrole nitrogens is 1. The van der Waals surface area contributed by atoms with Gasteiger partial charge in [0.05, 0.1) is 6.42 Å². The molecule has 0 atom stereocenters. The Morgan fingerprint density at radius 3 is 2.80 bits per heavy atom. The molecule has 25 heavy (non-hydrogen) atoms. The fourth-order valence-corrected chi connectivity index (χ4v) is 3.91. The van der Waals surface area contributed by atoms with Crippen LogP contribution >= 0.6 is 0 Å². The monoisotopic (exact) mass is 341 g/mol. The highest BCUT2D eigenvalue weighted by Gasteiger charge is 2.35. The summed E-state index contributed by atoms with van der Waals surface area (Å²) in [4.78, 5) is 12.3. The van der Waals surface area contributed by atoms with Crippen LogP contribution in [0, 0.1) is 0 Å². The minimum absolute atomic E-state index is 0.0231. The molecule has 1 amide bonds. The second-order valence-corrected chi connectivity index (χ2v) is 6.94. The summed E-state index contributed by atoms with van der Waals surface area (Å²) in [6, 6.07) is 8.03. The highest BCUT2D eigenvalue weighted by molar-refractivity contribution is 5.78. The van der Waals surface area contributed by atoms with Gasteiger partial charge in [0.2, 0.25) is 12.7 Å². The predicted octanol–water partition coefficient (Wildman–Crippen LogP) is 2.70. The van der Waals surface area contributed by atoms with Gasteiger partial charge in [-0.3, -0.25) is 9.89 Å². The van der Waals surface area contributed by atoms with Crippen LogP contribution in [-0.2, 0) is 16.6 Å². The maximum Gasteiger partial charge on any atom is 0.231 e. The van der Waals surface area contributed by atoms with Crippen molar-refractivity contribution in [2.45, 2.75) is 43.9 Å². The van der Waals surface area contributed by atoms with Crippen LogP contribution in [0.25, 0.3) is 0 Å². The van der Waals surface area contributed by atoms with Crippen LogP contribution in [0.3, 0.4) is 0 Å². The van der Waals surface area contributed by atoms with Crippen molar-refractivity contribution >= 4 is 5.91 Å². The highest BCUT2D eigenvalue weighted by Crippen LogP contribution is 2.43. The summed E-state index contributed by atoms with van der Waals surface area (Å²) in [5.74, 6) is 1.64. The Morgan fingerprint density at radius 2 is 2.00 bits per heavy atom. The van der Waals surface area contributed by atoms with Crippen LogP contribution in [0.15, 0.2) is 30.5 Å². The molecule has 0 bridgehead atoms. The number of aromatic nitrogens is 2. The summed E-state index contributed by atoms with van der Waals surface area (Å²) >= 11 is 0. The number of carbonyl (C=O) groups excluding carboxylic acids is 1. The van der Waals surface area contributed by atoms with E-state index in [1.54, 1.807) is 6.20 Å². The van der Waals surface area contributed by atoms with E-state index in [0.29, 0.717) is 13.0 Å². The number of amides is 1. The summed E-state index contributed by atoms with van der Waals surface area (Å²) in [6.45, 7) is 0.937. The van der Waals surface area contributed by atoms with E-state index in [1.807, 2.05) is 12.1 Å². The van der Waals surface area contributed by atoms with Gasteiger partial charge in [-0.2, -0.15) is 5.10 Å². The molecule has 2 aromatic rings. The fourth-order valence-electron chi connectivity index (χ4n) is 3.91. The normalized spacial score (nSPS) is 18.1. The number of aromatic amines is 1. The van der Waals surface area contributed by atoms with Gasteiger partial charge in [-0.25, -0.2) is 0 Å². The lowest BCUT2D eigenvalue weighted by atomic mass is 9.69. The molecule has 0 saturated heterocycles. The van der Waals surface area contributed by atoms with Crippen LogP contribution in [-0.4, -0.2) is 29.4 Å². The number of hydrogen-bond donors (Lipinski definition) is 2. The van der Waals surface area contributed by atoms with Crippen molar-refractivity contribution in [2.75, 3.05) is 13.3 Å². The first kappa shape index (κ1) is 16.0. The largest absolute Gasteiger partial charge is 0.454 e. The van der Waals surface area contributed by atoms with E-state index in [4.69, 9.17) is 9.47 Å². The molecule has 1 aromatic heterocycles. The molecule has 6 heteroatoms. The van der Waals surface area contributed by atoms with Gasteiger partial charge in [0.1, 0.15) is 0 Å². The summed E-state index contributed by atoms with van der Waals surface area (Å²) < 4.78 is 11.0. The van der Waals surface area contributed by atoms with Crippen LogP contribution in [0.1, 0.15) is 43.4 Å². The Balaban J connectivity index is 1.50. The first-order chi connectivity index (χ1) is 12.3. The van der Waals surface area contributed by atoms with Crippen molar-refractivity contribution in [3.05, 3.63) is 41.7 Å². The minimum atomic E-state index is -0.0249. The molecule has 1 aliphatic heterocycles. The van der Waals surface area contributed by atoms with Gasteiger partial charge >= 0.3 is 0 Å². The Kier molecular flexibility index (Phi) is 4.34. The molecule has 6 nitrogen and oxygen atoms in total. The van der Waals surface area contributed by atoms with Gasteiger partial charge in [0, 0.05) is 23.9 Å².